The largest absolute Gasteiger partial charge is 0.397 e. The van der Waals surface area contributed by atoms with Crippen LogP contribution in [0.2, 0.25) is 0 Å². The van der Waals surface area contributed by atoms with E-state index in [1.165, 1.54) is 0 Å². The van der Waals surface area contributed by atoms with Gasteiger partial charge in [0.05, 0.1) is 11.2 Å². The van der Waals surface area contributed by atoms with E-state index >= 15 is 0 Å². The summed E-state index contributed by atoms with van der Waals surface area (Å²) in [6, 6.07) is 7.67. The maximum atomic E-state index is 11.5. The first-order valence-corrected chi connectivity index (χ1v) is 6.90. The van der Waals surface area contributed by atoms with Gasteiger partial charge in [0.2, 0.25) is 5.91 Å². The second-order valence-electron chi connectivity index (χ2n) is 5.09. The van der Waals surface area contributed by atoms with E-state index in [4.69, 9.17) is 5.73 Å². The molecule has 1 fully saturated rings. The van der Waals surface area contributed by atoms with Gasteiger partial charge in [0.25, 0.3) is 0 Å². The van der Waals surface area contributed by atoms with E-state index in [1.807, 2.05) is 24.3 Å². The molecule has 1 saturated carbocycles. The van der Waals surface area contributed by atoms with Crippen molar-refractivity contribution in [1.29, 1.82) is 0 Å². The number of carbonyl (C=O) groups excluding carboxylic acids is 1. The van der Waals surface area contributed by atoms with Crippen LogP contribution in [0.3, 0.4) is 0 Å². The highest BCUT2D eigenvalue weighted by molar-refractivity contribution is 5.98. The van der Waals surface area contributed by atoms with Crippen LogP contribution in [0.15, 0.2) is 30.5 Å². The summed E-state index contributed by atoms with van der Waals surface area (Å²) in [6.07, 6.45) is 3.80. The Morgan fingerprint density at radius 2 is 2.15 bits per heavy atom. The molecular formula is C15H18N4O. The van der Waals surface area contributed by atoms with Gasteiger partial charge in [-0.15, -0.1) is 0 Å². The van der Waals surface area contributed by atoms with Gasteiger partial charge in [-0.25, -0.2) is 0 Å². The molecule has 1 aromatic heterocycles. The lowest BCUT2D eigenvalue weighted by Gasteiger charge is -2.11. The number of nitrogens with zero attached hydrogens (tertiary/aromatic N) is 1. The predicted molar refractivity (Wildman–Crippen MR) is 80.4 cm³/mol. The minimum Gasteiger partial charge on any atom is -0.397 e. The molecule has 0 unspecified atom stereocenters. The van der Waals surface area contributed by atoms with Crippen molar-refractivity contribution in [3.05, 3.63) is 30.5 Å². The van der Waals surface area contributed by atoms with Crippen molar-refractivity contribution in [1.82, 2.24) is 10.3 Å². The van der Waals surface area contributed by atoms with Gasteiger partial charge >= 0.3 is 0 Å². The Labute approximate surface area is 117 Å². The molecule has 3 rings (SSSR count). The number of nitrogens with one attached hydrogen (secondary N) is 2. The summed E-state index contributed by atoms with van der Waals surface area (Å²) in [5.74, 6) is 0.437. The van der Waals surface area contributed by atoms with Gasteiger partial charge in [0, 0.05) is 36.3 Å². The van der Waals surface area contributed by atoms with Crippen molar-refractivity contribution >= 4 is 28.2 Å². The van der Waals surface area contributed by atoms with Crippen molar-refractivity contribution < 1.29 is 4.79 Å². The van der Waals surface area contributed by atoms with Crippen LogP contribution < -0.4 is 16.4 Å². The molecule has 2 aromatic rings. The summed E-state index contributed by atoms with van der Waals surface area (Å²) in [4.78, 5) is 15.8. The highest BCUT2D eigenvalue weighted by Gasteiger charge is 2.28. The third-order valence-electron chi connectivity index (χ3n) is 3.49. The molecule has 0 aliphatic heterocycles. The minimum absolute atomic E-state index is 0.177. The maximum Gasteiger partial charge on any atom is 0.223 e. The summed E-state index contributed by atoms with van der Waals surface area (Å²) in [6.45, 7) is 1.31. The average molecular weight is 270 g/mol. The molecule has 4 N–H and O–H groups in total. The summed E-state index contributed by atoms with van der Waals surface area (Å²) in [5.41, 5.74) is 8.38. The molecule has 5 nitrogen and oxygen atoms in total. The summed E-state index contributed by atoms with van der Waals surface area (Å²) in [5, 5.41) is 7.25. The number of nitrogen functional groups attached to an aromatic ring is 1. The smallest absolute Gasteiger partial charge is 0.223 e. The quantitative estimate of drug-likeness (QED) is 0.571. The lowest BCUT2D eigenvalue weighted by Crippen LogP contribution is -2.29. The summed E-state index contributed by atoms with van der Waals surface area (Å²) < 4.78 is 0. The van der Waals surface area contributed by atoms with Crippen LogP contribution in [0.1, 0.15) is 12.8 Å². The fourth-order valence-electron chi connectivity index (χ4n) is 2.22. The highest BCUT2D eigenvalue weighted by Crippen LogP contribution is 2.28. The number of anilines is 2. The Morgan fingerprint density at radius 3 is 2.95 bits per heavy atom. The average Bonchev–Trinajstić information content (AvgIpc) is 3.30. The monoisotopic (exact) mass is 270 g/mol. The lowest BCUT2D eigenvalue weighted by atomic mass is 10.1. The van der Waals surface area contributed by atoms with Crippen LogP contribution in [0, 0.1) is 5.92 Å². The first-order valence-electron chi connectivity index (χ1n) is 6.90. The molecule has 0 atom stereocenters. The molecule has 104 valence electrons. The number of aromatic nitrogens is 1. The summed E-state index contributed by atoms with van der Waals surface area (Å²) in [7, 11) is 0. The number of rotatable bonds is 5. The van der Waals surface area contributed by atoms with Crippen molar-refractivity contribution in [2.45, 2.75) is 12.8 Å². The molecule has 0 radical (unpaired) electrons. The number of amides is 1. The fourth-order valence-corrected chi connectivity index (χ4v) is 2.22. The van der Waals surface area contributed by atoms with Crippen LogP contribution >= 0.6 is 0 Å². The molecule has 0 spiro atoms. The Bertz CT molecular complexity index is 637. The number of pyridine rings is 1. The van der Waals surface area contributed by atoms with E-state index in [9.17, 15) is 4.79 Å². The number of nitrogens with two attached hydrogens (primary N) is 1. The normalized spacial score (nSPS) is 14.2. The van der Waals surface area contributed by atoms with Crippen LogP contribution in [0.25, 0.3) is 10.9 Å². The molecule has 1 heterocycles. The Hall–Kier alpha value is -2.30. The predicted octanol–water partition coefficient (Wildman–Crippen LogP) is 1.76. The number of carbonyl (C=O) groups is 1. The lowest BCUT2D eigenvalue weighted by molar-refractivity contribution is -0.122. The highest BCUT2D eigenvalue weighted by atomic mass is 16.2. The Morgan fingerprint density at radius 1 is 1.30 bits per heavy atom. The van der Waals surface area contributed by atoms with Gasteiger partial charge in [-0.05, 0) is 37.1 Å². The Balaban J connectivity index is 1.62. The zero-order valence-electron chi connectivity index (χ0n) is 11.2. The topological polar surface area (TPSA) is 80.0 Å². The van der Waals surface area contributed by atoms with Gasteiger partial charge in [-0.1, -0.05) is 0 Å². The first kappa shape index (κ1) is 12.7. The Kier molecular flexibility index (Phi) is 3.41. The van der Waals surface area contributed by atoms with Gasteiger partial charge in [0.1, 0.15) is 0 Å². The van der Waals surface area contributed by atoms with E-state index in [2.05, 4.69) is 15.6 Å². The molecule has 1 aromatic carbocycles. The fraction of sp³-hybridized carbons (Fsp3) is 0.333. The van der Waals surface area contributed by atoms with Crippen molar-refractivity contribution in [2.24, 2.45) is 5.92 Å². The van der Waals surface area contributed by atoms with Gasteiger partial charge in [0.15, 0.2) is 0 Å². The molecule has 1 aliphatic rings. The van der Waals surface area contributed by atoms with Gasteiger partial charge in [-0.3, -0.25) is 9.78 Å². The number of hydrogen-bond acceptors (Lipinski definition) is 4. The van der Waals surface area contributed by atoms with Gasteiger partial charge < -0.3 is 16.4 Å². The first-order chi connectivity index (χ1) is 9.75. The second kappa shape index (κ2) is 5.36. The molecule has 1 aliphatic carbocycles. The number of fused-ring (bicyclic) bond motifs is 1. The second-order valence-corrected chi connectivity index (χ2v) is 5.09. The van der Waals surface area contributed by atoms with Crippen LogP contribution in [-0.4, -0.2) is 24.0 Å². The van der Waals surface area contributed by atoms with Crippen LogP contribution in [0.5, 0.6) is 0 Å². The SMILES string of the molecule is Nc1ccc(NCCNC(=O)C2CC2)c2cccnc12. The van der Waals surface area contributed by atoms with E-state index in [0.29, 0.717) is 18.8 Å². The molecule has 20 heavy (non-hydrogen) atoms. The van der Waals surface area contributed by atoms with Crippen molar-refractivity contribution in [3.63, 3.8) is 0 Å². The third kappa shape index (κ3) is 2.66. The summed E-state index contributed by atoms with van der Waals surface area (Å²) >= 11 is 0. The van der Waals surface area contributed by atoms with Crippen molar-refractivity contribution in [2.75, 3.05) is 24.1 Å². The van der Waals surface area contributed by atoms with E-state index in [1.54, 1.807) is 6.20 Å². The molecule has 5 heteroatoms. The third-order valence-corrected chi connectivity index (χ3v) is 3.49. The standard InChI is InChI=1S/C15H18N4O/c16-12-5-6-13(11-2-1-7-18-14(11)12)17-8-9-19-15(20)10-3-4-10/h1-2,5-7,10,17H,3-4,8-9,16H2,(H,19,20). The van der Waals surface area contributed by atoms with Crippen molar-refractivity contribution in [3.8, 4) is 0 Å². The molecule has 1 amide bonds. The molecule has 0 saturated heterocycles. The minimum atomic E-state index is 0.177. The molecule has 0 bridgehead atoms. The zero-order chi connectivity index (χ0) is 13.9. The zero-order valence-corrected chi connectivity index (χ0v) is 11.2. The van der Waals surface area contributed by atoms with E-state index < -0.39 is 0 Å². The van der Waals surface area contributed by atoms with Crippen LogP contribution in [0.4, 0.5) is 11.4 Å². The van der Waals surface area contributed by atoms with Gasteiger partial charge in [-0.2, -0.15) is 0 Å². The number of hydrogen-bond donors (Lipinski definition) is 3. The molecular weight excluding hydrogens is 252 g/mol. The number of benzene rings is 1. The maximum absolute atomic E-state index is 11.5. The van der Waals surface area contributed by atoms with E-state index in [-0.39, 0.29) is 11.8 Å². The van der Waals surface area contributed by atoms with E-state index in [0.717, 1.165) is 29.4 Å². The van der Waals surface area contributed by atoms with Crippen LogP contribution in [-0.2, 0) is 4.79 Å².